The fourth-order valence-electron chi connectivity index (χ4n) is 3.82. The Hall–Kier alpha value is -2.95. The van der Waals surface area contributed by atoms with Gasteiger partial charge >= 0.3 is 0 Å². The van der Waals surface area contributed by atoms with Gasteiger partial charge in [-0.05, 0) is 61.4 Å². The number of hydrogen-bond donors (Lipinski definition) is 1. The molecule has 0 radical (unpaired) electrons. The Morgan fingerprint density at radius 3 is 2.78 bits per heavy atom. The number of para-hydroxylation sites is 1. The Kier molecular flexibility index (Phi) is 4.75. The van der Waals surface area contributed by atoms with E-state index in [0.29, 0.717) is 10.9 Å². The average molecular weight is 361 g/mol. The van der Waals surface area contributed by atoms with Crippen LogP contribution in [0.2, 0.25) is 0 Å². The summed E-state index contributed by atoms with van der Waals surface area (Å²) in [6, 6.07) is 13.7. The first-order valence-electron chi connectivity index (χ1n) is 9.48. The fourth-order valence-corrected chi connectivity index (χ4v) is 3.82. The summed E-state index contributed by atoms with van der Waals surface area (Å²) >= 11 is 0. The molecule has 1 aliphatic carbocycles. The number of nitrogens with one attached hydrogen (secondary N) is 1. The molecule has 0 unspecified atom stereocenters. The summed E-state index contributed by atoms with van der Waals surface area (Å²) in [6.07, 6.45) is 6.04. The summed E-state index contributed by atoms with van der Waals surface area (Å²) in [4.78, 5) is 24.5. The standard InChI is InChI=1S/C22H23N3O2/c1-15(17-11-10-16-6-2-3-7-18(16)12-17)24-22(27)14-25-20-9-5-4-8-19(20)21(26)13-23-25/h4-5,8-13,15H,2-3,6-7,14H2,1H3,(H,24,27)/t15-/m1/s1. The lowest BCUT2D eigenvalue weighted by Crippen LogP contribution is -2.31. The van der Waals surface area contributed by atoms with E-state index in [-0.39, 0.29) is 23.9 Å². The Morgan fingerprint density at radius 2 is 1.93 bits per heavy atom. The molecule has 1 aliphatic rings. The van der Waals surface area contributed by atoms with E-state index in [0.717, 1.165) is 18.4 Å². The van der Waals surface area contributed by atoms with Crippen molar-refractivity contribution < 1.29 is 4.79 Å². The minimum absolute atomic E-state index is 0.0737. The monoisotopic (exact) mass is 361 g/mol. The zero-order valence-electron chi connectivity index (χ0n) is 15.4. The van der Waals surface area contributed by atoms with Crippen LogP contribution in [0.4, 0.5) is 0 Å². The van der Waals surface area contributed by atoms with Crippen LogP contribution in [0, 0.1) is 0 Å². The summed E-state index contributed by atoms with van der Waals surface area (Å²) < 4.78 is 1.58. The van der Waals surface area contributed by atoms with Gasteiger partial charge in [0.25, 0.3) is 0 Å². The smallest absolute Gasteiger partial charge is 0.242 e. The van der Waals surface area contributed by atoms with Crippen LogP contribution in [0.3, 0.4) is 0 Å². The van der Waals surface area contributed by atoms with E-state index in [1.807, 2.05) is 25.1 Å². The first-order chi connectivity index (χ1) is 13.1. The van der Waals surface area contributed by atoms with Crippen LogP contribution in [-0.4, -0.2) is 15.7 Å². The molecule has 5 nitrogen and oxygen atoms in total. The fraction of sp³-hybridized carbons (Fsp3) is 0.318. The Balaban J connectivity index is 1.50. The van der Waals surface area contributed by atoms with E-state index >= 15 is 0 Å². The summed E-state index contributed by atoms with van der Waals surface area (Å²) in [5.74, 6) is -0.124. The first-order valence-corrected chi connectivity index (χ1v) is 9.48. The minimum atomic E-state index is -0.135. The quantitative estimate of drug-likeness (QED) is 0.776. The number of carbonyl (C=O) groups excluding carboxylic acids is 1. The number of carbonyl (C=O) groups is 1. The molecule has 0 aliphatic heterocycles. The largest absolute Gasteiger partial charge is 0.348 e. The van der Waals surface area contributed by atoms with Gasteiger partial charge in [0.05, 0.1) is 17.8 Å². The molecule has 0 fully saturated rings. The topological polar surface area (TPSA) is 64.0 Å². The third-order valence-corrected chi connectivity index (χ3v) is 5.31. The third-order valence-electron chi connectivity index (χ3n) is 5.31. The molecule has 3 aromatic rings. The van der Waals surface area contributed by atoms with Crippen LogP contribution in [0.1, 0.15) is 42.5 Å². The van der Waals surface area contributed by atoms with Gasteiger partial charge in [-0.2, -0.15) is 5.10 Å². The third kappa shape index (κ3) is 3.63. The van der Waals surface area contributed by atoms with Crippen molar-refractivity contribution in [2.75, 3.05) is 0 Å². The van der Waals surface area contributed by atoms with Gasteiger partial charge in [0.2, 0.25) is 11.3 Å². The van der Waals surface area contributed by atoms with Crippen LogP contribution >= 0.6 is 0 Å². The number of benzene rings is 2. The zero-order valence-corrected chi connectivity index (χ0v) is 15.4. The summed E-state index contributed by atoms with van der Waals surface area (Å²) in [7, 11) is 0. The maximum absolute atomic E-state index is 12.6. The number of rotatable bonds is 4. The van der Waals surface area contributed by atoms with Crippen LogP contribution in [0.15, 0.2) is 53.5 Å². The maximum atomic E-state index is 12.6. The summed E-state index contributed by atoms with van der Waals surface area (Å²) in [5.41, 5.74) is 4.51. The van der Waals surface area contributed by atoms with E-state index < -0.39 is 0 Å². The molecule has 138 valence electrons. The van der Waals surface area contributed by atoms with Gasteiger partial charge in [-0.3, -0.25) is 14.3 Å². The average Bonchev–Trinajstić information content (AvgIpc) is 2.70. The van der Waals surface area contributed by atoms with Crippen molar-refractivity contribution in [3.05, 3.63) is 75.6 Å². The molecule has 1 aromatic heterocycles. The van der Waals surface area contributed by atoms with Crippen LogP contribution < -0.4 is 10.7 Å². The molecule has 0 saturated heterocycles. The van der Waals surface area contributed by atoms with Gasteiger partial charge in [-0.15, -0.1) is 0 Å². The molecule has 0 saturated carbocycles. The number of hydrogen-bond acceptors (Lipinski definition) is 3. The van der Waals surface area contributed by atoms with Crippen molar-refractivity contribution in [3.8, 4) is 0 Å². The van der Waals surface area contributed by atoms with Crippen molar-refractivity contribution in [2.24, 2.45) is 0 Å². The lowest BCUT2D eigenvalue weighted by atomic mass is 9.89. The number of fused-ring (bicyclic) bond motifs is 2. The molecule has 1 amide bonds. The predicted octanol–water partition coefficient (Wildman–Crippen LogP) is 3.15. The minimum Gasteiger partial charge on any atom is -0.348 e. The van der Waals surface area contributed by atoms with Crippen LogP contribution in [-0.2, 0) is 24.2 Å². The van der Waals surface area contributed by atoms with Gasteiger partial charge in [0.1, 0.15) is 6.54 Å². The van der Waals surface area contributed by atoms with Crippen molar-refractivity contribution in [2.45, 2.75) is 45.2 Å². The number of nitrogens with zero attached hydrogens (tertiary/aromatic N) is 2. The molecule has 1 atom stereocenters. The van der Waals surface area contributed by atoms with Crippen molar-refractivity contribution >= 4 is 16.8 Å². The van der Waals surface area contributed by atoms with Gasteiger partial charge in [-0.25, -0.2) is 0 Å². The second-order valence-corrected chi connectivity index (χ2v) is 7.21. The predicted molar refractivity (Wildman–Crippen MR) is 106 cm³/mol. The first kappa shape index (κ1) is 17.5. The molecular weight excluding hydrogens is 338 g/mol. The van der Waals surface area contributed by atoms with Crippen molar-refractivity contribution in [3.63, 3.8) is 0 Å². The highest BCUT2D eigenvalue weighted by Crippen LogP contribution is 2.24. The molecule has 4 rings (SSSR count). The lowest BCUT2D eigenvalue weighted by molar-refractivity contribution is -0.122. The number of aryl methyl sites for hydroxylation is 2. The molecule has 0 bridgehead atoms. The van der Waals surface area contributed by atoms with Crippen LogP contribution in [0.25, 0.3) is 10.9 Å². The maximum Gasteiger partial charge on any atom is 0.242 e. The Labute approximate surface area is 158 Å². The highest BCUT2D eigenvalue weighted by molar-refractivity contribution is 5.81. The van der Waals surface area contributed by atoms with E-state index in [4.69, 9.17) is 0 Å². The van der Waals surface area contributed by atoms with Gasteiger partial charge < -0.3 is 5.32 Å². The highest BCUT2D eigenvalue weighted by atomic mass is 16.2. The summed E-state index contributed by atoms with van der Waals surface area (Å²) in [5, 5.41) is 7.75. The molecule has 1 heterocycles. The Morgan fingerprint density at radius 1 is 1.15 bits per heavy atom. The molecule has 2 aromatic carbocycles. The molecule has 5 heteroatoms. The zero-order chi connectivity index (χ0) is 18.8. The van der Waals surface area contributed by atoms with Gasteiger partial charge in [0.15, 0.2) is 0 Å². The second-order valence-electron chi connectivity index (χ2n) is 7.21. The number of aromatic nitrogens is 2. The lowest BCUT2D eigenvalue weighted by Gasteiger charge is -2.20. The highest BCUT2D eigenvalue weighted by Gasteiger charge is 2.15. The normalized spacial score (nSPS) is 14.6. The van der Waals surface area contributed by atoms with Crippen LogP contribution in [0.5, 0.6) is 0 Å². The van der Waals surface area contributed by atoms with Crippen molar-refractivity contribution in [1.82, 2.24) is 15.1 Å². The van der Waals surface area contributed by atoms with Gasteiger partial charge in [0, 0.05) is 5.39 Å². The Bertz CT molecular complexity index is 1050. The second kappa shape index (κ2) is 7.35. The van der Waals surface area contributed by atoms with Crippen molar-refractivity contribution in [1.29, 1.82) is 0 Å². The SMILES string of the molecule is C[C@@H](NC(=O)Cn1ncc(=O)c2ccccc21)c1ccc2c(c1)CCCC2. The molecular formula is C22H23N3O2. The van der Waals surface area contributed by atoms with Gasteiger partial charge in [-0.1, -0.05) is 30.3 Å². The molecule has 1 N–H and O–H groups in total. The van der Waals surface area contributed by atoms with E-state index in [2.05, 4.69) is 28.6 Å². The number of amides is 1. The molecule has 27 heavy (non-hydrogen) atoms. The van der Waals surface area contributed by atoms with E-state index in [1.54, 1.807) is 10.7 Å². The van der Waals surface area contributed by atoms with E-state index in [1.165, 1.54) is 30.2 Å². The molecule has 0 spiro atoms. The summed E-state index contributed by atoms with van der Waals surface area (Å²) in [6.45, 7) is 2.08. The van der Waals surface area contributed by atoms with E-state index in [9.17, 15) is 9.59 Å².